The van der Waals surface area contributed by atoms with Crippen LogP contribution in [0.5, 0.6) is 0 Å². The molecular weight excluding hydrogens is 1860 g/mol. The van der Waals surface area contributed by atoms with Crippen molar-refractivity contribution in [3.8, 4) is 0 Å². The van der Waals surface area contributed by atoms with Crippen molar-refractivity contribution in [1.29, 1.82) is 0 Å². The van der Waals surface area contributed by atoms with Crippen LogP contribution in [-0.2, 0) is 114 Å². The molecule has 14 rings (SSSR count). The molecule has 8 saturated heterocycles. The number of amides is 1. The maximum absolute atomic E-state index is 16.7. The van der Waals surface area contributed by atoms with Gasteiger partial charge in [-0.3, -0.25) is 14.4 Å². The van der Waals surface area contributed by atoms with E-state index in [0.717, 1.165) is 18.6 Å². The van der Waals surface area contributed by atoms with E-state index in [0.29, 0.717) is 50.5 Å². The Kier molecular flexibility index (Phi) is 34.5. The summed E-state index contributed by atoms with van der Waals surface area (Å²) in [6.07, 6.45) is -50.5. The minimum atomic E-state index is -2.28. The van der Waals surface area contributed by atoms with Crippen molar-refractivity contribution in [1.82, 2.24) is 5.32 Å². The van der Waals surface area contributed by atoms with Crippen LogP contribution >= 0.6 is 0 Å². The minimum Gasteiger partial charge on any atom is -0.463 e. The number of fused-ring (bicyclic) bond motifs is 7. The number of carbonyl (C=O) groups excluding carboxylic acids is 5. The molecule has 1 aromatic rings. The summed E-state index contributed by atoms with van der Waals surface area (Å²) in [4.78, 5) is 71.5. The summed E-state index contributed by atoms with van der Waals surface area (Å²) < 4.78 is 117. The molecule has 12 fully saturated rings. The molecule has 44 nitrogen and oxygen atoms in total. The third-order valence-electron chi connectivity index (χ3n) is 32.2. The Morgan fingerprint density at radius 3 is 1.79 bits per heavy atom. The van der Waals surface area contributed by atoms with Crippen LogP contribution in [0.3, 0.4) is 0 Å². The molecule has 1 aromatic carbocycles. The van der Waals surface area contributed by atoms with Crippen LogP contribution in [0.4, 0.5) is 0 Å². The van der Waals surface area contributed by atoms with Crippen LogP contribution < -0.4 is 5.32 Å². The summed E-state index contributed by atoms with van der Waals surface area (Å²) in [6.45, 7) is 17.1. The standard InChI is InChI=1S/C96H143NO43/c1-13-91(9,120)27-17-18-43(2)79(118)134-73-52(105)38-126-85(77(73)133-60(107)24-21-46-19-15-14-16-20-46)138-75-54(39-122-45(4)101)131-86(76(68(75)114)139-83-70(116)72(51(104)37-125-83)136-87-78(117)95(121,41-99)42-128-87)140-88(119)96-31-30-89(5,6)32-48(96)47-22-23-57-92(10)28-26-59(90(7,8)56(92)25-29-93(57,11)94(47,12)33-58(96)106)132-80-61(97-44(3)100)64(110)74(137-84-67(113)65(111)63(109)53(34-98)129-84)55(130-80)40-127-81-69(115)71(50(103)36-123-81)135-82-66(112)62(108)49(102)35-124-82/h13-16,18-22,24,48-59,61-78,80-87,98-99,102-106,108-117,120-121H,1,17,23,25-42H2,2-12H3,(H,97,100)/t48-,49+,50-,51+,52+,53+,54+,55+,56-,57+,58+,59-,61+,62-,63+,64+,65-,66+,67+,68-,69+,70+,71-,72-,73-,74+,75+,76+,77+,78-,80-,81-,82-,83-,84-,85-,86-,87-,91+,92-,93+,94+,95+,96+/m0/s1. The van der Waals surface area contributed by atoms with Gasteiger partial charge in [-0.15, -0.1) is 6.58 Å². The highest BCUT2D eigenvalue weighted by Crippen LogP contribution is 2.76. The first-order valence-electron chi connectivity index (χ1n) is 48.1. The summed E-state index contributed by atoms with van der Waals surface area (Å²) >= 11 is 0. The Hall–Kier alpha value is -5.83. The molecule has 140 heavy (non-hydrogen) atoms. The fraction of sp³-hybridized carbons (Fsp3) is 0.802. The molecule has 20 N–H and O–H groups in total. The van der Waals surface area contributed by atoms with E-state index in [4.69, 9.17) is 90.0 Å². The van der Waals surface area contributed by atoms with Gasteiger partial charge < -0.3 is 192 Å². The van der Waals surface area contributed by atoms with E-state index in [1.54, 1.807) is 30.3 Å². The van der Waals surface area contributed by atoms with Crippen LogP contribution in [-0.4, -0.2) is 413 Å². The predicted octanol–water partition coefficient (Wildman–Crippen LogP) is -3.38. The number of aliphatic hydroxyl groups excluding tert-OH is 17. The van der Waals surface area contributed by atoms with E-state index < -0.39 is 354 Å². The van der Waals surface area contributed by atoms with Crippen molar-refractivity contribution >= 4 is 35.9 Å². The van der Waals surface area contributed by atoms with Gasteiger partial charge in [-0.2, -0.15) is 0 Å². The second-order valence-electron chi connectivity index (χ2n) is 42.4. The van der Waals surface area contributed by atoms with E-state index in [1.165, 1.54) is 39.0 Å². The molecule has 1 amide bonds. The molecule has 790 valence electrons. The van der Waals surface area contributed by atoms with E-state index in [-0.39, 0.29) is 43.1 Å². The molecule has 5 aliphatic carbocycles. The van der Waals surface area contributed by atoms with Gasteiger partial charge in [0.2, 0.25) is 12.2 Å². The molecular formula is C96H143NO43. The van der Waals surface area contributed by atoms with Gasteiger partial charge in [0, 0.05) is 25.5 Å². The second-order valence-corrected chi connectivity index (χ2v) is 42.4. The molecule has 0 bridgehead atoms. The molecule has 44 heteroatoms. The van der Waals surface area contributed by atoms with E-state index in [2.05, 4.69) is 66.4 Å². The topological polar surface area (TPSA) is 657 Å². The number of ether oxygens (including phenoxy) is 19. The zero-order valence-electron chi connectivity index (χ0n) is 80.4. The number of hydrogen-bond donors (Lipinski definition) is 20. The number of hydrogen-bond acceptors (Lipinski definition) is 43. The molecule has 8 aliphatic heterocycles. The predicted molar refractivity (Wildman–Crippen MR) is 473 cm³/mol. The highest BCUT2D eigenvalue weighted by atomic mass is 16.8. The van der Waals surface area contributed by atoms with Gasteiger partial charge in [-0.1, -0.05) is 103 Å². The van der Waals surface area contributed by atoms with Crippen molar-refractivity contribution in [2.75, 3.05) is 59.5 Å². The zero-order chi connectivity index (χ0) is 102. The average Bonchev–Trinajstić information content (AvgIpc) is 0.763. The first-order valence-corrected chi connectivity index (χ1v) is 48.1. The maximum atomic E-state index is 16.7. The van der Waals surface area contributed by atoms with E-state index in [1.807, 2.05) is 0 Å². The Morgan fingerprint density at radius 2 is 1.14 bits per heavy atom. The normalized spacial score (nSPS) is 46.2. The lowest BCUT2D eigenvalue weighted by Gasteiger charge is -2.72. The van der Waals surface area contributed by atoms with Crippen LogP contribution in [0, 0.1) is 50.2 Å². The fourth-order valence-corrected chi connectivity index (χ4v) is 23.8. The monoisotopic (exact) mass is 2000 g/mol. The fourth-order valence-electron chi connectivity index (χ4n) is 23.8. The third kappa shape index (κ3) is 22.0. The first-order chi connectivity index (χ1) is 65.9. The molecule has 4 saturated carbocycles. The molecule has 44 atom stereocenters. The van der Waals surface area contributed by atoms with Crippen molar-refractivity contribution in [2.45, 2.75) is 373 Å². The highest BCUT2D eigenvalue weighted by Gasteiger charge is 2.73. The number of carbonyl (C=O) groups is 5. The number of esters is 4. The van der Waals surface area contributed by atoms with Gasteiger partial charge in [0.05, 0.1) is 70.7 Å². The Balaban J connectivity index is 0.753. The number of rotatable bonds is 31. The van der Waals surface area contributed by atoms with E-state index >= 15 is 4.79 Å². The zero-order valence-corrected chi connectivity index (χ0v) is 80.4. The smallest absolute Gasteiger partial charge is 0.333 e. The highest BCUT2D eigenvalue weighted by molar-refractivity contribution is 5.88. The molecule has 8 heterocycles. The Bertz CT molecular complexity index is 4500. The molecule has 0 aromatic heterocycles. The van der Waals surface area contributed by atoms with Crippen LogP contribution in [0.15, 0.2) is 72.4 Å². The second kappa shape index (κ2) is 43.9. The minimum absolute atomic E-state index is 0.000676. The summed E-state index contributed by atoms with van der Waals surface area (Å²) in [7, 11) is 0. The Morgan fingerprint density at radius 1 is 0.550 bits per heavy atom. The average molecular weight is 2000 g/mol. The van der Waals surface area contributed by atoms with Gasteiger partial charge in [0.15, 0.2) is 62.3 Å². The quantitative estimate of drug-likeness (QED) is 0.0113. The number of allylic oxidation sites excluding steroid dienone is 3. The van der Waals surface area contributed by atoms with Crippen molar-refractivity contribution in [3.05, 3.63) is 77.9 Å². The van der Waals surface area contributed by atoms with Crippen LogP contribution in [0.25, 0.3) is 6.08 Å². The van der Waals surface area contributed by atoms with Crippen molar-refractivity contribution < 1.29 is 211 Å². The first kappa shape index (κ1) is 110. The largest absolute Gasteiger partial charge is 0.463 e. The maximum Gasteiger partial charge on any atom is 0.333 e. The molecule has 0 spiro atoms. The summed E-state index contributed by atoms with van der Waals surface area (Å²) in [6, 6.07) is 7.04. The van der Waals surface area contributed by atoms with Gasteiger partial charge in [-0.05, 0) is 141 Å². The number of aliphatic hydroxyl groups is 19. The SMILES string of the molecule is C=C[C@@](C)(O)CCC=C(C)C(=O)O[C@@H]1[C@@H](OC(=O)C=Cc2ccccc2)[C@H](O[C@H]2[C@H](O)[C@@H](O[C@@H]3OC[C@@H](O)[C@H](O[C@@H]4OC[C@](O)(CO)[C@H]4O)[C@H]3O)[C@H](OC(=O)[C@]34CCC(C)(C)C[C@H]3C3=CC[C@@H]5[C@@]6(C)CC[C@H](O[C@@H]7O[C@H](CO[C@@H]8OC[C@H](O)[C@H](O[C@@H]9OC[C@@H](O)[C@H](O)[C@H]9O)[C@H]8O)[C@@H](O[C@@H]8O[C@H](CO)[C@@H](O)[C@H](O)[C@H]8O)[C@H](O)[C@H]7NC(C)=O)C(C)(C)[C@@H]6CC[C@@]5(C)[C@]3(C)C[C@H]4O)O[C@@H]2COC(C)=O)OC[C@H]1O. The summed E-state index contributed by atoms with van der Waals surface area (Å²) in [5.41, 5.74) is -7.38. The Labute approximate surface area is 809 Å². The van der Waals surface area contributed by atoms with Crippen LogP contribution in [0.1, 0.15) is 152 Å². The van der Waals surface area contributed by atoms with E-state index in [9.17, 15) is 116 Å². The van der Waals surface area contributed by atoms with Crippen molar-refractivity contribution in [2.24, 2.45) is 50.2 Å². The summed E-state index contributed by atoms with van der Waals surface area (Å²) in [5, 5.41) is 218. The van der Waals surface area contributed by atoms with Gasteiger partial charge in [0.25, 0.3) is 0 Å². The van der Waals surface area contributed by atoms with Gasteiger partial charge >= 0.3 is 23.9 Å². The number of nitrogens with one attached hydrogen (secondary N) is 1. The molecule has 13 aliphatic rings. The number of benzene rings is 1. The molecule has 0 unspecified atom stereocenters. The lowest BCUT2D eigenvalue weighted by Crippen LogP contribution is -2.69. The van der Waals surface area contributed by atoms with Crippen LogP contribution in [0.2, 0.25) is 0 Å². The third-order valence-corrected chi connectivity index (χ3v) is 32.2. The van der Waals surface area contributed by atoms with Crippen molar-refractivity contribution in [3.63, 3.8) is 0 Å². The van der Waals surface area contributed by atoms with Gasteiger partial charge in [-0.25, -0.2) is 9.59 Å². The van der Waals surface area contributed by atoms with Gasteiger partial charge in [0.1, 0.15) is 152 Å². The lowest BCUT2D eigenvalue weighted by atomic mass is 9.33. The molecule has 0 radical (unpaired) electrons. The lowest BCUT2D eigenvalue weighted by molar-refractivity contribution is -0.377. The summed E-state index contributed by atoms with van der Waals surface area (Å²) in [5.74, 6) is -5.83.